The normalized spacial score (nSPS) is 37.5. The number of nitrogens with one attached hydrogen (secondary N) is 1. The standard InChI is InChI=1S/C8H14N2O/c1-10-5-6-2-3-9-4-7(6)8(10)11/h6-7,9H,2-5H2,1H3/t6-,7-/m0/s1. The fourth-order valence-corrected chi connectivity index (χ4v) is 2.15. The van der Waals surface area contributed by atoms with Crippen molar-refractivity contribution in [3.63, 3.8) is 0 Å². The molecule has 11 heavy (non-hydrogen) atoms. The third-order valence-corrected chi connectivity index (χ3v) is 2.83. The molecule has 0 aromatic carbocycles. The van der Waals surface area contributed by atoms with Gasteiger partial charge in [-0.25, -0.2) is 0 Å². The minimum Gasteiger partial charge on any atom is -0.345 e. The van der Waals surface area contributed by atoms with Crippen LogP contribution >= 0.6 is 0 Å². The molecular weight excluding hydrogens is 140 g/mol. The van der Waals surface area contributed by atoms with Crippen molar-refractivity contribution in [3.8, 4) is 0 Å². The Kier molecular flexibility index (Phi) is 1.60. The first kappa shape index (κ1) is 7.10. The quantitative estimate of drug-likeness (QED) is 0.519. The lowest BCUT2D eigenvalue weighted by atomic mass is 9.89. The number of fused-ring (bicyclic) bond motifs is 1. The van der Waals surface area contributed by atoms with Crippen molar-refractivity contribution < 1.29 is 4.79 Å². The van der Waals surface area contributed by atoms with Crippen molar-refractivity contribution in [1.82, 2.24) is 10.2 Å². The molecule has 0 aliphatic carbocycles. The van der Waals surface area contributed by atoms with E-state index in [1.165, 1.54) is 6.42 Å². The highest BCUT2D eigenvalue weighted by atomic mass is 16.2. The molecule has 0 spiro atoms. The third-order valence-electron chi connectivity index (χ3n) is 2.83. The minimum absolute atomic E-state index is 0.286. The van der Waals surface area contributed by atoms with Crippen LogP contribution in [-0.4, -0.2) is 37.5 Å². The molecule has 2 atom stereocenters. The highest BCUT2D eigenvalue weighted by Crippen LogP contribution is 2.27. The lowest BCUT2D eigenvalue weighted by Gasteiger charge is -2.22. The van der Waals surface area contributed by atoms with Crippen LogP contribution in [0.1, 0.15) is 6.42 Å². The van der Waals surface area contributed by atoms with Gasteiger partial charge in [-0.2, -0.15) is 0 Å². The second kappa shape index (κ2) is 2.48. The molecule has 0 radical (unpaired) electrons. The molecule has 0 bridgehead atoms. The van der Waals surface area contributed by atoms with E-state index in [9.17, 15) is 4.79 Å². The van der Waals surface area contributed by atoms with E-state index >= 15 is 0 Å². The molecule has 0 saturated carbocycles. The molecule has 2 heterocycles. The smallest absolute Gasteiger partial charge is 0.227 e. The average molecular weight is 154 g/mol. The van der Waals surface area contributed by atoms with Crippen molar-refractivity contribution in [2.24, 2.45) is 11.8 Å². The maximum absolute atomic E-state index is 11.4. The summed E-state index contributed by atoms with van der Waals surface area (Å²) in [6, 6.07) is 0. The van der Waals surface area contributed by atoms with Gasteiger partial charge in [-0.3, -0.25) is 4.79 Å². The lowest BCUT2D eigenvalue weighted by Crippen LogP contribution is -2.37. The number of rotatable bonds is 0. The first-order valence-electron chi connectivity index (χ1n) is 4.25. The molecule has 2 aliphatic heterocycles. The van der Waals surface area contributed by atoms with Crippen molar-refractivity contribution in [2.75, 3.05) is 26.7 Å². The molecule has 0 unspecified atom stereocenters. The molecular formula is C8H14N2O. The van der Waals surface area contributed by atoms with Gasteiger partial charge in [0, 0.05) is 20.1 Å². The number of amides is 1. The van der Waals surface area contributed by atoms with Crippen molar-refractivity contribution >= 4 is 5.91 Å². The first-order chi connectivity index (χ1) is 5.29. The van der Waals surface area contributed by atoms with Crippen molar-refractivity contribution in [2.45, 2.75) is 6.42 Å². The number of likely N-dealkylation sites (tertiary alicyclic amines) is 1. The van der Waals surface area contributed by atoms with E-state index in [0.29, 0.717) is 11.8 Å². The summed E-state index contributed by atoms with van der Waals surface area (Å²) in [5.41, 5.74) is 0. The van der Waals surface area contributed by atoms with Crippen LogP contribution in [0.5, 0.6) is 0 Å². The van der Waals surface area contributed by atoms with Gasteiger partial charge in [0.1, 0.15) is 0 Å². The molecule has 0 aromatic heterocycles. The molecule has 1 N–H and O–H groups in total. The minimum atomic E-state index is 0.286. The van der Waals surface area contributed by atoms with Crippen LogP contribution in [0, 0.1) is 11.8 Å². The molecule has 2 fully saturated rings. The topological polar surface area (TPSA) is 32.3 Å². The lowest BCUT2D eigenvalue weighted by molar-refractivity contribution is -0.130. The number of carbonyl (C=O) groups excluding carboxylic acids is 1. The molecule has 3 nitrogen and oxygen atoms in total. The van der Waals surface area contributed by atoms with Crippen LogP contribution in [0.3, 0.4) is 0 Å². The molecule has 1 amide bonds. The molecule has 3 heteroatoms. The van der Waals surface area contributed by atoms with Gasteiger partial charge in [0.05, 0.1) is 5.92 Å². The first-order valence-corrected chi connectivity index (χ1v) is 4.25. The number of carbonyl (C=O) groups is 1. The zero-order valence-corrected chi connectivity index (χ0v) is 6.84. The molecule has 0 aromatic rings. The maximum Gasteiger partial charge on any atom is 0.227 e. The van der Waals surface area contributed by atoms with E-state index in [0.717, 1.165) is 19.6 Å². The monoisotopic (exact) mass is 154 g/mol. The summed E-state index contributed by atoms with van der Waals surface area (Å²) in [7, 11) is 1.90. The van der Waals surface area contributed by atoms with Crippen molar-refractivity contribution in [3.05, 3.63) is 0 Å². The van der Waals surface area contributed by atoms with Crippen molar-refractivity contribution in [1.29, 1.82) is 0 Å². The largest absolute Gasteiger partial charge is 0.345 e. The van der Waals surface area contributed by atoms with Crippen LogP contribution in [-0.2, 0) is 4.79 Å². The summed E-state index contributed by atoms with van der Waals surface area (Å²) in [6.45, 7) is 2.96. The van der Waals surface area contributed by atoms with Crippen LogP contribution in [0.15, 0.2) is 0 Å². The molecule has 62 valence electrons. The van der Waals surface area contributed by atoms with Crippen LogP contribution < -0.4 is 5.32 Å². The number of hydrogen-bond donors (Lipinski definition) is 1. The summed E-state index contributed by atoms with van der Waals surface area (Å²) in [6.07, 6.45) is 1.17. The van der Waals surface area contributed by atoms with Crippen LogP contribution in [0.25, 0.3) is 0 Å². The Morgan fingerprint density at radius 1 is 1.64 bits per heavy atom. The Morgan fingerprint density at radius 3 is 3.18 bits per heavy atom. The summed E-state index contributed by atoms with van der Waals surface area (Å²) in [5, 5.41) is 3.26. The predicted molar refractivity (Wildman–Crippen MR) is 42.1 cm³/mol. The second-order valence-corrected chi connectivity index (χ2v) is 3.58. The van der Waals surface area contributed by atoms with Crippen LogP contribution in [0.2, 0.25) is 0 Å². The number of nitrogens with zero attached hydrogens (tertiary/aromatic N) is 1. The van der Waals surface area contributed by atoms with Crippen LogP contribution in [0.4, 0.5) is 0 Å². The van der Waals surface area contributed by atoms with Gasteiger partial charge in [0.2, 0.25) is 5.91 Å². The van der Waals surface area contributed by atoms with E-state index in [4.69, 9.17) is 0 Å². The summed E-state index contributed by atoms with van der Waals surface area (Å²) >= 11 is 0. The fraction of sp³-hybridized carbons (Fsp3) is 0.875. The van der Waals surface area contributed by atoms with Gasteiger partial charge in [-0.15, -0.1) is 0 Å². The van der Waals surface area contributed by atoms with Gasteiger partial charge in [0.25, 0.3) is 0 Å². The second-order valence-electron chi connectivity index (χ2n) is 3.58. The zero-order chi connectivity index (χ0) is 7.84. The molecule has 2 aliphatic rings. The zero-order valence-electron chi connectivity index (χ0n) is 6.84. The van der Waals surface area contributed by atoms with E-state index in [1.54, 1.807) is 0 Å². The average Bonchev–Trinajstić information content (AvgIpc) is 2.30. The van der Waals surface area contributed by atoms with Gasteiger partial charge in [-0.05, 0) is 18.9 Å². The van der Waals surface area contributed by atoms with Gasteiger partial charge >= 0.3 is 0 Å². The van der Waals surface area contributed by atoms with E-state index < -0.39 is 0 Å². The Morgan fingerprint density at radius 2 is 2.45 bits per heavy atom. The Labute approximate surface area is 66.8 Å². The Bertz CT molecular complexity index is 181. The van der Waals surface area contributed by atoms with Gasteiger partial charge in [0.15, 0.2) is 0 Å². The Hall–Kier alpha value is -0.570. The number of hydrogen-bond acceptors (Lipinski definition) is 2. The molecule has 2 rings (SSSR count). The highest BCUT2D eigenvalue weighted by molar-refractivity contribution is 5.81. The summed E-state index contributed by atoms with van der Waals surface area (Å²) in [4.78, 5) is 13.3. The Balaban J connectivity index is 2.11. The van der Waals surface area contributed by atoms with E-state index in [2.05, 4.69) is 5.32 Å². The van der Waals surface area contributed by atoms with Gasteiger partial charge < -0.3 is 10.2 Å². The summed E-state index contributed by atoms with van der Waals surface area (Å²) in [5.74, 6) is 1.25. The SMILES string of the molecule is CN1C[C@@H]2CCNC[C@@H]2C1=O. The predicted octanol–water partition coefficient (Wildman–Crippen LogP) is -0.316. The van der Waals surface area contributed by atoms with E-state index in [-0.39, 0.29) is 5.92 Å². The summed E-state index contributed by atoms with van der Waals surface area (Å²) < 4.78 is 0. The maximum atomic E-state index is 11.4. The third kappa shape index (κ3) is 1.03. The fourth-order valence-electron chi connectivity index (χ4n) is 2.15. The number of piperidine rings is 1. The van der Waals surface area contributed by atoms with E-state index in [1.807, 2.05) is 11.9 Å². The molecule has 2 saturated heterocycles. The highest BCUT2D eigenvalue weighted by Gasteiger charge is 2.39. The van der Waals surface area contributed by atoms with Gasteiger partial charge in [-0.1, -0.05) is 0 Å².